The molecule has 0 radical (unpaired) electrons. The third-order valence-electron chi connectivity index (χ3n) is 2.27. The number of furan rings is 1. The van der Waals surface area contributed by atoms with Crippen LogP contribution in [0.3, 0.4) is 0 Å². The molecular weight excluding hydrogens is 312 g/mol. The number of nitrogens with zero attached hydrogens (tertiary/aromatic N) is 2. The molecule has 0 fully saturated rings. The molecule has 1 aromatic heterocycles. The maximum Gasteiger partial charge on any atom is 0.172 e. The lowest BCUT2D eigenvalue weighted by molar-refractivity contribution is 0.372. The van der Waals surface area contributed by atoms with Gasteiger partial charge in [-0.15, -0.1) is 0 Å². The average molecular weight is 323 g/mol. The highest BCUT2D eigenvalue weighted by atomic mass is 79.9. The van der Waals surface area contributed by atoms with Crippen LogP contribution in [0, 0.1) is 0 Å². The van der Waals surface area contributed by atoms with Crippen molar-refractivity contribution in [1.82, 2.24) is 0 Å². The monoisotopic (exact) mass is 322 g/mol. The van der Waals surface area contributed by atoms with Crippen LogP contribution in [0.2, 0.25) is 0 Å². The van der Waals surface area contributed by atoms with Crippen molar-refractivity contribution in [2.24, 2.45) is 10.2 Å². The minimum Gasteiger partial charge on any atom is -0.503 e. The maximum absolute atomic E-state index is 9.66. The fraction of sp³-hybridized carbons (Fsp3) is 0.0769. The Balaban J connectivity index is 2.13. The van der Waals surface area contributed by atoms with Crippen molar-refractivity contribution in [3.05, 3.63) is 46.3 Å². The van der Waals surface area contributed by atoms with Crippen LogP contribution in [0.25, 0.3) is 0 Å². The molecule has 0 unspecified atom stereocenters. The topological polar surface area (TPSA) is 67.3 Å². The molecule has 0 aliphatic rings. The maximum atomic E-state index is 9.66. The summed E-state index contributed by atoms with van der Waals surface area (Å²) in [6.45, 7) is 0. The zero-order chi connectivity index (χ0) is 13.7. The predicted octanol–water partition coefficient (Wildman–Crippen LogP) is 3.21. The number of halogens is 1. The SMILES string of the molecule is COc1cc(/C=N/N=C/c2ccco2)cc(Br)c1O. The zero-order valence-electron chi connectivity index (χ0n) is 10.1. The lowest BCUT2D eigenvalue weighted by Gasteiger charge is -2.05. The second kappa shape index (κ2) is 6.19. The van der Waals surface area contributed by atoms with Gasteiger partial charge in [-0.1, -0.05) is 0 Å². The van der Waals surface area contributed by atoms with E-state index >= 15 is 0 Å². The van der Waals surface area contributed by atoms with Gasteiger partial charge in [0.2, 0.25) is 0 Å². The first-order valence-electron chi connectivity index (χ1n) is 5.37. The fourth-order valence-corrected chi connectivity index (χ4v) is 1.84. The van der Waals surface area contributed by atoms with E-state index in [4.69, 9.17) is 9.15 Å². The second-order valence-corrected chi connectivity index (χ2v) is 4.41. The summed E-state index contributed by atoms with van der Waals surface area (Å²) < 4.78 is 10.6. The highest BCUT2D eigenvalue weighted by Gasteiger charge is 2.07. The Hall–Kier alpha value is -2.08. The van der Waals surface area contributed by atoms with Gasteiger partial charge < -0.3 is 14.3 Å². The number of methoxy groups -OCH3 is 1. The van der Waals surface area contributed by atoms with Gasteiger partial charge in [0.25, 0.3) is 0 Å². The first kappa shape index (κ1) is 13.4. The Labute approximate surface area is 118 Å². The molecule has 0 aliphatic heterocycles. The van der Waals surface area contributed by atoms with E-state index in [2.05, 4.69) is 26.1 Å². The molecular formula is C13H11BrN2O3. The molecule has 1 heterocycles. The van der Waals surface area contributed by atoms with Crippen LogP contribution < -0.4 is 4.74 Å². The summed E-state index contributed by atoms with van der Waals surface area (Å²) in [4.78, 5) is 0. The van der Waals surface area contributed by atoms with Gasteiger partial charge in [0.05, 0.1) is 30.3 Å². The van der Waals surface area contributed by atoms with Crippen LogP contribution in [-0.2, 0) is 0 Å². The quantitative estimate of drug-likeness (QED) is 0.694. The van der Waals surface area contributed by atoms with E-state index in [1.807, 2.05) is 0 Å². The summed E-state index contributed by atoms with van der Waals surface area (Å²) in [6, 6.07) is 6.92. The molecule has 19 heavy (non-hydrogen) atoms. The van der Waals surface area contributed by atoms with E-state index in [9.17, 15) is 5.11 Å². The lowest BCUT2D eigenvalue weighted by Crippen LogP contribution is -1.88. The van der Waals surface area contributed by atoms with E-state index < -0.39 is 0 Å². The molecule has 0 saturated carbocycles. The second-order valence-electron chi connectivity index (χ2n) is 3.56. The summed E-state index contributed by atoms with van der Waals surface area (Å²) in [6.07, 6.45) is 4.61. The number of phenolic OH excluding ortho intramolecular Hbond substituents is 1. The fourth-order valence-electron chi connectivity index (χ4n) is 1.38. The Bertz CT molecular complexity index is 607. The first-order chi connectivity index (χ1) is 9.20. The molecule has 2 rings (SSSR count). The van der Waals surface area contributed by atoms with Gasteiger partial charge in [-0.2, -0.15) is 10.2 Å². The predicted molar refractivity (Wildman–Crippen MR) is 76.3 cm³/mol. The van der Waals surface area contributed by atoms with Gasteiger partial charge in [-0.05, 0) is 45.8 Å². The average Bonchev–Trinajstić information content (AvgIpc) is 2.91. The van der Waals surface area contributed by atoms with Crippen LogP contribution in [0.5, 0.6) is 11.5 Å². The number of phenols is 1. The summed E-state index contributed by atoms with van der Waals surface area (Å²) in [5.41, 5.74) is 0.748. The Morgan fingerprint density at radius 2 is 2.11 bits per heavy atom. The summed E-state index contributed by atoms with van der Waals surface area (Å²) in [5, 5.41) is 17.4. The zero-order valence-corrected chi connectivity index (χ0v) is 11.7. The normalized spacial score (nSPS) is 11.5. The Morgan fingerprint density at radius 3 is 2.79 bits per heavy atom. The molecule has 2 aromatic rings. The van der Waals surface area contributed by atoms with Crippen LogP contribution in [0.1, 0.15) is 11.3 Å². The summed E-state index contributed by atoms with van der Waals surface area (Å²) in [5.74, 6) is 1.05. The molecule has 1 aromatic carbocycles. The Morgan fingerprint density at radius 1 is 1.32 bits per heavy atom. The van der Waals surface area contributed by atoms with Crippen molar-refractivity contribution in [2.75, 3.05) is 7.11 Å². The number of benzene rings is 1. The van der Waals surface area contributed by atoms with Crippen LogP contribution in [0.15, 0.2) is 49.6 Å². The van der Waals surface area contributed by atoms with E-state index in [1.165, 1.54) is 13.3 Å². The van der Waals surface area contributed by atoms with E-state index in [1.54, 1.807) is 36.7 Å². The number of aromatic hydroxyl groups is 1. The van der Waals surface area contributed by atoms with Crippen molar-refractivity contribution >= 4 is 28.4 Å². The largest absolute Gasteiger partial charge is 0.503 e. The molecule has 1 N–H and O–H groups in total. The molecule has 0 spiro atoms. The van der Waals surface area contributed by atoms with Gasteiger partial charge in [-0.3, -0.25) is 0 Å². The molecule has 5 nitrogen and oxygen atoms in total. The molecule has 0 atom stereocenters. The van der Waals surface area contributed by atoms with Crippen molar-refractivity contribution in [3.63, 3.8) is 0 Å². The smallest absolute Gasteiger partial charge is 0.172 e. The van der Waals surface area contributed by atoms with Crippen molar-refractivity contribution in [1.29, 1.82) is 0 Å². The number of ether oxygens (including phenoxy) is 1. The third kappa shape index (κ3) is 3.45. The molecule has 0 aliphatic carbocycles. The molecule has 0 saturated heterocycles. The van der Waals surface area contributed by atoms with Gasteiger partial charge in [0, 0.05) is 0 Å². The van der Waals surface area contributed by atoms with E-state index in [0.717, 1.165) is 5.56 Å². The van der Waals surface area contributed by atoms with Gasteiger partial charge in [0.15, 0.2) is 11.5 Å². The highest BCUT2D eigenvalue weighted by Crippen LogP contribution is 2.34. The van der Waals surface area contributed by atoms with Crippen molar-refractivity contribution in [3.8, 4) is 11.5 Å². The minimum absolute atomic E-state index is 0.0544. The van der Waals surface area contributed by atoms with Crippen molar-refractivity contribution in [2.45, 2.75) is 0 Å². The number of rotatable bonds is 4. The lowest BCUT2D eigenvalue weighted by atomic mass is 10.2. The van der Waals surface area contributed by atoms with Crippen LogP contribution in [0.4, 0.5) is 0 Å². The summed E-state index contributed by atoms with van der Waals surface area (Å²) in [7, 11) is 1.48. The highest BCUT2D eigenvalue weighted by molar-refractivity contribution is 9.10. The molecule has 98 valence electrons. The number of hydrogen-bond acceptors (Lipinski definition) is 5. The van der Waals surface area contributed by atoms with E-state index in [0.29, 0.717) is 16.0 Å². The van der Waals surface area contributed by atoms with Crippen LogP contribution in [-0.4, -0.2) is 24.6 Å². The molecule has 6 heteroatoms. The molecule has 0 bridgehead atoms. The standard InChI is InChI=1S/C13H11BrN2O3/c1-18-12-6-9(5-11(14)13(12)17)7-15-16-8-10-3-2-4-19-10/h2-8,17H,1H3/b15-7+,16-8+. The minimum atomic E-state index is 0.0544. The summed E-state index contributed by atoms with van der Waals surface area (Å²) >= 11 is 3.23. The van der Waals surface area contributed by atoms with Gasteiger partial charge in [-0.25, -0.2) is 0 Å². The molecule has 0 amide bonds. The van der Waals surface area contributed by atoms with Crippen molar-refractivity contribution < 1.29 is 14.3 Å². The number of hydrogen-bond donors (Lipinski definition) is 1. The van der Waals surface area contributed by atoms with Crippen LogP contribution >= 0.6 is 15.9 Å². The third-order valence-corrected chi connectivity index (χ3v) is 2.88. The first-order valence-corrected chi connectivity index (χ1v) is 6.16. The Kier molecular flexibility index (Phi) is 4.35. The van der Waals surface area contributed by atoms with E-state index in [-0.39, 0.29) is 5.75 Å². The van der Waals surface area contributed by atoms with Gasteiger partial charge >= 0.3 is 0 Å². The van der Waals surface area contributed by atoms with Gasteiger partial charge in [0.1, 0.15) is 5.76 Å².